The average Bonchev–Trinajstić information content (AvgIpc) is 2.44. The number of anilines is 1. The third-order valence-electron chi connectivity index (χ3n) is 4.33. The highest BCUT2D eigenvalue weighted by Crippen LogP contribution is 2.39. The molecular weight excluding hydrogens is 396 g/mol. The molecule has 116 valence electrons. The highest BCUT2D eigenvalue weighted by atomic mass is 79.9. The van der Waals surface area contributed by atoms with Crippen molar-refractivity contribution >= 4 is 43.5 Å². The molecule has 0 spiro atoms. The molecule has 0 unspecified atom stereocenters. The number of aryl methyl sites for hydroxylation is 1. The van der Waals surface area contributed by atoms with Crippen LogP contribution in [-0.4, -0.2) is 12.5 Å². The van der Waals surface area contributed by atoms with Crippen molar-refractivity contribution in [3.8, 4) is 0 Å². The van der Waals surface area contributed by atoms with Crippen LogP contribution in [0.1, 0.15) is 44.1 Å². The maximum absolute atomic E-state index is 12.4. The Morgan fingerprint density at radius 1 is 1.24 bits per heavy atom. The van der Waals surface area contributed by atoms with Gasteiger partial charge in [0.05, 0.1) is 5.69 Å². The molecule has 2 rings (SSSR count). The van der Waals surface area contributed by atoms with Crippen molar-refractivity contribution in [3.63, 3.8) is 0 Å². The van der Waals surface area contributed by atoms with Gasteiger partial charge in [-0.1, -0.05) is 19.3 Å². The second kappa shape index (κ2) is 7.25. The molecule has 3 nitrogen and oxygen atoms in total. The van der Waals surface area contributed by atoms with Crippen molar-refractivity contribution in [2.24, 2.45) is 11.1 Å². The van der Waals surface area contributed by atoms with Crippen LogP contribution in [0.15, 0.2) is 21.1 Å². The number of carbonyl (C=O) groups excluding carboxylic acids is 1. The van der Waals surface area contributed by atoms with E-state index in [4.69, 9.17) is 5.73 Å². The highest BCUT2D eigenvalue weighted by Gasteiger charge is 2.33. The summed E-state index contributed by atoms with van der Waals surface area (Å²) in [4.78, 5) is 12.4. The number of nitrogens with two attached hydrogens (primary N) is 1. The summed E-state index contributed by atoms with van der Waals surface area (Å²) in [5.41, 5.74) is 7.89. The van der Waals surface area contributed by atoms with Gasteiger partial charge in [-0.3, -0.25) is 4.79 Å². The number of hydrogen-bond acceptors (Lipinski definition) is 2. The molecule has 1 saturated carbocycles. The Morgan fingerprint density at radius 2 is 1.81 bits per heavy atom. The van der Waals surface area contributed by atoms with E-state index in [1.54, 1.807) is 0 Å². The summed E-state index contributed by atoms with van der Waals surface area (Å²) in [5.74, 6) is 0.0487. The molecule has 1 aliphatic carbocycles. The smallest absolute Gasteiger partial charge is 0.225 e. The van der Waals surface area contributed by atoms with Gasteiger partial charge < -0.3 is 11.1 Å². The molecule has 0 bridgehead atoms. The fourth-order valence-corrected chi connectivity index (χ4v) is 4.71. The van der Waals surface area contributed by atoms with Crippen molar-refractivity contribution in [1.82, 2.24) is 0 Å². The van der Waals surface area contributed by atoms with Crippen LogP contribution < -0.4 is 11.1 Å². The lowest BCUT2D eigenvalue weighted by Crippen LogP contribution is -2.36. The lowest BCUT2D eigenvalue weighted by Gasteiger charge is -2.35. The van der Waals surface area contributed by atoms with Crippen molar-refractivity contribution < 1.29 is 4.79 Å². The van der Waals surface area contributed by atoms with E-state index in [1.807, 2.05) is 19.1 Å². The highest BCUT2D eigenvalue weighted by molar-refractivity contribution is 9.11. The van der Waals surface area contributed by atoms with E-state index < -0.39 is 0 Å². The summed E-state index contributed by atoms with van der Waals surface area (Å²) in [6, 6.07) is 4.00. The minimum atomic E-state index is -0.00795. The molecule has 5 heteroatoms. The molecular formula is C16H22Br2N2O. The topological polar surface area (TPSA) is 55.1 Å². The number of halogens is 2. The zero-order valence-electron chi connectivity index (χ0n) is 12.3. The van der Waals surface area contributed by atoms with E-state index in [9.17, 15) is 4.79 Å². The summed E-state index contributed by atoms with van der Waals surface area (Å²) in [7, 11) is 0. The first-order chi connectivity index (χ1) is 9.96. The molecule has 1 amide bonds. The first-order valence-corrected chi connectivity index (χ1v) is 9.00. The molecule has 0 saturated heterocycles. The number of nitrogens with one attached hydrogen (secondary N) is 1. The SMILES string of the molecule is Cc1cc(Br)c(NC(=O)CC2(CN)CCCCC2)c(Br)c1. The zero-order chi connectivity index (χ0) is 15.5. The monoisotopic (exact) mass is 416 g/mol. The van der Waals surface area contributed by atoms with Gasteiger partial charge in [-0.15, -0.1) is 0 Å². The molecule has 0 heterocycles. The molecule has 1 aliphatic rings. The second-order valence-electron chi connectivity index (χ2n) is 6.09. The Kier molecular flexibility index (Phi) is 5.86. The quantitative estimate of drug-likeness (QED) is 0.741. The fraction of sp³-hybridized carbons (Fsp3) is 0.562. The van der Waals surface area contributed by atoms with E-state index in [0.29, 0.717) is 13.0 Å². The van der Waals surface area contributed by atoms with Crippen molar-refractivity contribution in [3.05, 3.63) is 26.6 Å². The molecule has 3 N–H and O–H groups in total. The molecule has 1 fully saturated rings. The van der Waals surface area contributed by atoms with Gasteiger partial charge in [0.1, 0.15) is 0 Å². The van der Waals surface area contributed by atoms with Crippen LogP contribution in [0.2, 0.25) is 0 Å². The summed E-state index contributed by atoms with van der Waals surface area (Å²) in [6.07, 6.45) is 6.26. The third-order valence-corrected chi connectivity index (χ3v) is 5.58. The predicted octanol–water partition coefficient (Wildman–Crippen LogP) is 4.76. The third kappa shape index (κ3) is 4.30. The summed E-state index contributed by atoms with van der Waals surface area (Å²) in [5, 5.41) is 3.02. The van der Waals surface area contributed by atoms with Crippen LogP contribution in [-0.2, 0) is 4.79 Å². The van der Waals surface area contributed by atoms with Gasteiger partial charge in [0.25, 0.3) is 0 Å². The molecule has 0 aromatic heterocycles. The van der Waals surface area contributed by atoms with Crippen LogP contribution in [0.4, 0.5) is 5.69 Å². The molecule has 0 radical (unpaired) electrons. The Morgan fingerprint density at radius 3 is 2.33 bits per heavy atom. The van der Waals surface area contributed by atoms with E-state index in [0.717, 1.165) is 33.0 Å². The number of benzene rings is 1. The molecule has 0 atom stereocenters. The largest absolute Gasteiger partial charge is 0.330 e. The first-order valence-electron chi connectivity index (χ1n) is 7.41. The zero-order valence-corrected chi connectivity index (χ0v) is 15.5. The van der Waals surface area contributed by atoms with Crippen LogP contribution in [0.3, 0.4) is 0 Å². The van der Waals surface area contributed by atoms with Gasteiger partial charge in [-0.25, -0.2) is 0 Å². The lowest BCUT2D eigenvalue weighted by atomic mass is 9.71. The lowest BCUT2D eigenvalue weighted by molar-refractivity contribution is -0.118. The first kappa shape index (κ1) is 17.0. The molecule has 1 aromatic carbocycles. The van der Waals surface area contributed by atoms with Gasteiger partial charge in [0.2, 0.25) is 5.91 Å². The summed E-state index contributed by atoms with van der Waals surface area (Å²) < 4.78 is 1.79. The maximum Gasteiger partial charge on any atom is 0.225 e. The van der Waals surface area contributed by atoms with E-state index in [1.165, 1.54) is 19.3 Å². The van der Waals surface area contributed by atoms with E-state index >= 15 is 0 Å². The van der Waals surface area contributed by atoms with Crippen molar-refractivity contribution in [1.29, 1.82) is 0 Å². The van der Waals surface area contributed by atoms with Crippen molar-refractivity contribution in [2.75, 3.05) is 11.9 Å². The Balaban J connectivity index is 2.08. The summed E-state index contributed by atoms with van der Waals surface area (Å²) >= 11 is 7.03. The number of hydrogen-bond donors (Lipinski definition) is 2. The summed E-state index contributed by atoms with van der Waals surface area (Å²) in [6.45, 7) is 2.61. The normalized spacial score (nSPS) is 17.5. The van der Waals surface area contributed by atoms with Gasteiger partial charge in [-0.2, -0.15) is 0 Å². The van der Waals surface area contributed by atoms with Crippen LogP contribution in [0.25, 0.3) is 0 Å². The minimum absolute atomic E-state index is 0.00795. The van der Waals surface area contributed by atoms with Crippen LogP contribution in [0, 0.1) is 12.3 Å². The molecule has 21 heavy (non-hydrogen) atoms. The van der Waals surface area contributed by atoms with Gasteiger partial charge in [0.15, 0.2) is 0 Å². The Bertz CT molecular complexity index is 502. The minimum Gasteiger partial charge on any atom is -0.330 e. The van der Waals surface area contributed by atoms with Crippen molar-refractivity contribution in [2.45, 2.75) is 45.4 Å². The van der Waals surface area contributed by atoms with Gasteiger partial charge >= 0.3 is 0 Å². The second-order valence-corrected chi connectivity index (χ2v) is 7.80. The number of amides is 1. The maximum atomic E-state index is 12.4. The van der Waals surface area contributed by atoms with Crippen LogP contribution in [0.5, 0.6) is 0 Å². The molecule has 1 aromatic rings. The van der Waals surface area contributed by atoms with E-state index in [2.05, 4.69) is 37.2 Å². The predicted molar refractivity (Wildman–Crippen MR) is 94.4 cm³/mol. The fourth-order valence-electron chi connectivity index (χ4n) is 3.10. The molecule has 0 aliphatic heterocycles. The standard InChI is InChI=1S/C16H22Br2N2O/c1-11-7-12(17)15(13(18)8-11)20-14(21)9-16(10-19)5-3-2-4-6-16/h7-8H,2-6,9-10,19H2,1H3,(H,20,21). The van der Waals surface area contributed by atoms with Gasteiger partial charge in [-0.05, 0) is 81.3 Å². The Hall–Kier alpha value is -0.390. The Labute approximate surface area is 143 Å². The van der Waals surface area contributed by atoms with E-state index in [-0.39, 0.29) is 11.3 Å². The average molecular weight is 418 g/mol. The number of carbonyl (C=O) groups is 1. The van der Waals surface area contributed by atoms with Gasteiger partial charge in [0, 0.05) is 15.4 Å². The van der Waals surface area contributed by atoms with Crippen LogP contribution >= 0.6 is 31.9 Å². The number of rotatable bonds is 4.